The van der Waals surface area contributed by atoms with Gasteiger partial charge in [-0.1, -0.05) is 0 Å². The lowest BCUT2D eigenvalue weighted by molar-refractivity contribution is -0.140. The normalized spacial score (nSPS) is 11.5. The largest absolute Gasteiger partial charge is 0.465 e. The van der Waals surface area contributed by atoms with Gasteiger partial charge in [-0.3, -0.25) is 4.79 Å². The average molecular weight is 248 g/mol. The Balaban J connectivity index is 4.75. The van der Waals surface area contributed by atoms with E-state index >= 15 is 0 Å². The first-order chi connectivity index (χ1) is 7.35. The van der Waals surface area contributed by atoms with Crippen molar-refractivity contribution >= 4 is 16.0 Å². The Hall–Kier alpha value is -1.13. The van der Waals surface area contributed by atoms with Crippen molar-refractivity contribution in [1.82, 2.24) is 4.31 Å². The van der Waals surface area contributed by atoms with Crippen molar-refractivity contribution in [3.63, 3.8) is 0 Å². The summed E-state index contributed by atoms with van der Waals surface area (Å²) in [6.45, 7) is 4.74. The number of carbonyl (C=O) groups excluding carboxylic acids is 1. The minimum atomic E-state index is -3.77. The van der Waals surface area contributed by atoms with Crippen molar-refractivity contribution in [3.8, 4) is 6.07 Å². The van der Waals surface area contributed by atoms with Gasteiger partial charge in [-0.25, -0.2) is 8.42 Å². The zero-order valence-corrected chi connectivity index (χ0v) is 10.5. The minimum absolute atomic E-state index is 0.133. The summed E-state index contributed by atoms with van der Waals surface area (Å²) in [5.74, 6) is -1.52. The molecule has 92 valence electrons. The molecule has 0 aromatic heterocycles. The van der Waals surface area contributed by atoms with Gasteiger partial charge in [-0.2, -0.15) is 9.57 Å². The van der Waals surface area contributed by atoms with Gasteiger partial charge in [0.25, 0.3) is 0 Å². The van der Waals surface area contributed by atoms with E-state index in [9.17, 15) is 13.2 Å². The molecule has 0 aliphatic carbocycles. The van der Waals surface area contributed by atoms with Crippen LogP contribution in [-0.2, 0) is 19.6 Å². The molecular weight excluding hydrogens is 232 g/mol. The topological polar surface area (TPSA) is 87.5 Å². The van der Waals surface area contributed by atoms with Crippen molar-refractivity contribution in [2.24, 2.45) is 0 Å². The van der Waals surface area contributed by atoms with E-state index in [-0.39, 0.29) is 19.2 Å². The predicted molar refractivity (Wildman–Crippen MR) is 57.9 cm³/mol. The van der Waals surface area contributed by atoms with Gasteiger partial charge >= 0.3 is 5.97 Å². The summed E-state index contributed by atoms with van der Waals surface area (Å²) in [4.78, 5) is 11.1. The molecule has 0 rings (SSSR count). The highest BCUT2D eigenvalue weighted by molar-refractivity contribution is 7.89. The summed E-state index contributed by atoms with van der Waals surface area (Å²) in [6.07, 6.45) is 0. The maximum Gasteiger partial charge on any atom is 0.322 e. The number of nitriles is 1. The van der Waals surface area contributed by atoms with Gasteiger partial charge in [-0.05, 0) is 20.8 Å². The Bertz CT molecular complexity index is 369. The number of hydrogen-bond acceptors (Lipinski definition) is 5. The van der Waals surface area contributed by atoms with E-state index in [1.165, 1.54) is 0 Å². The molecule has 0 heterocycles. The van der Waals surface area contributed by atoms with Crippen molar-refractivity contribution in [2.75, 3.05) is 18.9 Å². The number of hydrogen-bond donors (Lipinski definition) is 0. The van der Waals surface area contributed by atoms with Crippen LogP contribution in [0.25, 0.3) is 0 Å². The quantitative estimate of drug-likeness (QED) is 0.492. The first kappa shape index (κ1) is 14.9. The van der Waals surface area contributed by atoms with Crippen LogP contribution in [0.1, 0.15) is 20.8 Å². The summed E-state index contributed by atoms with van der Waals surface area (Å²) >= 11 is 0. The molecule has 0 atom stereocenters. The summed E-state index contributed by atoms with van der Waals surface area (Å²) < 4.78 is 29.0. The highest BCUT2D eigenvalue weighted by atomic mass is 32.2. The molecule has 6 nitrogen and oxygen atoms in total. The first-order valence-corrected chi connectivity index (χ1v) is 6.48. The maximum atomic E-state index is 11.7. The van der Waals surface area contributed by atoms with Crippen LogP contribution in [0.15, 0.2) is 0 Å². The van der Waals surface area contributed by atoms with Crippen LogP contribution in [0.2, 0.25) is 0 Å². The van der Waals surface area contributed by atoms with Crippen molar-refractivity contribution < 1.29 is 17.9 Å². The van der Waals surface area contributed by atoms with E-state index in [0.717, 1.165) is 4.31 Å². The van der Waals surface area contributed by atoms with Crippen LogP contribution < -0.4 is 0 Å². The van der Waals surface area contributed by atoms with Gasteiger partial charge in [0.2, 0.25) is 10.0 Å². The van der Waals surface area contributed by atoms with Crippen molar-refractivity contribution in [3.05, 3.63) is 0 Å². The fraction of sp³-hybridized carbons (Fsp3) is 0.778. The van der Waals surface area contributed by atoms with E-state index in [2.05, 4.69) is 4.74 Å². The van der Waals surface area contributed by atoms with Crippen LogP contribution >= 0.6 is 0 Å². The lowest BCUT2D eigenvalue weighted by Gasteiger charge is -2.22. The third-order valence-corrected chi connectivity index (χ3v) is 3.63. The van der Waals surface area contributed by atoms with Gasteiger partial charge in [0.05, 0.1) is 12.7 Å². The molecule has 0 aromatic carbocycles. The van der Waals surface area contributed by atoms with Gasteiger partial charge in [0, 0.05) is 6.04 Å². The number of sulfonamides is 1. The Labute approximate surface area is 95.8 Å². The molecule has 0 spiro atoms. The number of nitrogens with zero attached hydrogens (tertiary/aromatic N) is 2. The number of rotatable bonds is 6. The lowest BCUT2D eigenvalue weighted by Crippen LogP contribution is -2.40. The average Bonchev–Trinajstić information content (AvgIpc) is 2.12. The molecule has 0 fully saturated rings. The van der Waals surface area contributed by atoms with Crippen molar-refractivity contribution in [1.29, 1.82) is 5.26 Å². The second-order valence-electron chi connectivity index (χ2n) is 3.36. The molecular formula is C9H16N2O4S. The Kier molecular flexibility index (Phi) is 6.00. The van der Waals surface area contributed by atoms with Crippen LogP contribution in [0.4, 0.5) is 0 Å². The lowest BCUT2D eigenvalue weighted by atomic mass is 10.4. The second kappa shape index (κ2) is 6.45. The van der Waals surface area contributed by atoms with Crippen molar-refractivity contribution in [2.45, 2.75) is 26.8 Å². The SMILES string of the molecule is CCOC(=O)CS(=O)(=O)N(CC#N)C(C)C. The Morgan fingerprint density at radius 1 is 1.50 bits per heavy atom. The zero-order chi connectivity index (χ0) is 12.8. The molecule has 0 aliphatic rings. The van der Waals surface area contributed by atoms with E-state index < -0.39 is 21.7 Å². The molecule has 0 unspecified atom stereocenters. The standard InChI is InChI=1S/C9H16N2O4S/c1-4-15-9(12)7-16(13,14)11(6-5-10)8(2)3/h8H,4,6-7H2,1-3H3. The molecule has 16 heavy (non-hydrogen) atoms. The van der Waals surface area contributed by atoms with E-state index in [0.29, 0.717) is 0 Å². The smallest absolute Gasteiger partial charge is 0.322 e. The predicted octanol–water partition coefficient (Wildman–Crippen LogP) is 0.113. The van der Waals surface area contributed by atoms with E-state index in [4.69, 9.17) is 5.26 Å². The first-order valence-electron chi connectivity index (χ1n) is 4.87. The van der Waals surface area contributed by atoms with E-state index in [1.54, 1.807) is 26.8 Å². The molecule has 0 saturated heterocycles. The minimum Gasteiger partial charge on any atom is -0.465 e. The van der Waals surface area contributed by atoms with Crippen LogP contribution in [-0.4, -0.2) is 43.6 Å². The van der Waals surface area contributed by atoms with Crippen LogP contribution in [0, 0.1) is 11.3 Å². The highest BCUT2D eigenvalue weighted by Crippen LogP contribution is 2.07. The summed E-state index contributed by atoms with van der Waals surface area (Å²) in [5, 5.41) is 8.51. The van der Waals surface area contributed by atoms with Gasteiger partial charge < -0.3 is 4.74 Å². The summed E-state index contributed by atoms with van der Waals surface area (Å²) in [7, 11) is -3.77. The summed E-state index contributed by atoms with van der Waals surface area (Å²) in [6, 6.07) is 1.39. The molecule has 0 N–H and O–H groups in total. The second-order valence-corrected chi connectivity index (χ2v) is 5.28. The molecule has 0 aromatic rings. The molecule has 0 radical (unpaired) electrons. The fourth-order valence-electron chi connectivity index (χ4n) is 1.11. The highest BCUT2D eigenvalue weighted by Gasteiger charge is 2.27. The van der Waals surface area contributed by atoms with Gasteiger partial charge in [0.15, 0.2) is 5.75 Å². The fourth-order valence-corrected chi connectivity index (χ4v) is 2.55. The number of carbonyl (C=O) groups is 1. The van der Waals surface area contributed by atoms with Crippen LogP contribution in [0.3, 0.4) is 0 Å². The number of esters is 1. The number of ether oxygens (including phenoxy) is 1. The summed E-state index contributed by atoms with van der Waals surface area (Å²) in [5.41, 5.74) is 0. The van der Waals surface area contributed by atoms with E-state index in [1.807, 2.05) is 0 Å². The Morgan fingerprint density at radius 2 is 2.06 bits per heavy atom. The monoisotopic (exact) mass is 248 g/mol. The zero-order valence-electron chi connectivity index (χ0n) is 9.63. The molecule has 7 heteroatoms. The molecule has 0 saturated carbocycles. The van der Waals surface area contributed by atoms with Gasteiger partial charge in [0.1, 0.15) is 6.54 Å². The molecule has 0 bridgehead atoms. The Morgan fingerprint density at radius 3 is 2.44 bits per heavy atom. The molecule has 0 aliphatic heterocycles. The maximum absolute atomic E-state index is 11.7. The third kappa shape index (κ3) is 4.59. The molecule has 0 amide bonds. The third-order valence-electron chi connectivity index (χ3n) is 1.77. The van der Waals surface area contributed by atoms with Gasteiger partial charge in [-0.15, -0.1) is 0 Å². The van der Waals surface area contributed by atoms with Crippen LogP contribution in [0.5, 0.6) is 0 Å².